The van der Waals surface area contributed by atoms with Crippen molar-refractivity contribution in [2.24, 2.45) is 0 Å². The molecule has 2 rings (SSSR count). The highest BCUT2D eigenvalue weighted by atomic mass is 16.5. The third kappa shape index (κ3) is 5.82. The number of amides is 2. The van der Waals surface area contributed by atoms with E-state index in [2.05, 4.69) is 10.6 Å². The van der Waals surface area contributed by atoms with Crippen LogP contribution in [0.15, 0.2) is 60.7 Å². The molecule has 0 saturated heterocycles. The normalized spacial score (nSPS) is 11.3. The molecular weight excluding hydrogens is 292 g/mol. The summed E-state index contributed by atoms with van der Waals surface area (Å²) in [6.45, 7) is 2.21. The maximum Gasteiger partial charge on any atom is 0.408 e. The van der Waals surface area contributed by atoms with Gasteiger partial charge in [-0.2, -0.15) is 0 Å². The number of benzene rings is 2. The highest BCUT2D eigenvalue weighted by Crippen LogP contribution is 2.01. The van der Waals surface area contributed by atoms with Crippen LogP contribution in [0, 0.1) is 0 Å². The van der Waals surface area contributed by atoms with Crippen molar-refractivity contribution in [1.29, 1.82) is 0 Å². The Balaban J connectivity index is 1.71. The van der Waals surface area contributed by atoms with Gasteiger partial charge < -0.3 is 15.4 Å². The van der Waals surface area contributed by atoms with E-state index in [-0.39, 0.29) is 12.5 Å². The van der Waals surface area contributed by atoms with Gasteiger partial charge in [-0.15, -0.1) is 0 Å². The van der Waals surface area contributed by atoms with Gasteiger partial charge in [0.25, 0.3) is 0 Å². The Labute approximate surface area is 135 Å². The van der Waals surface area contributed by atoms with Crippen LogP contribution in [0.4, 0.5) is 4.79 Å². The van der Waals surface area contributed by atoms with E-state index < -0.39 is 12.1 Å². The predicted molar refractivity (Wildman–Crippen MR) is 87.5 cm³/mol. The number of hydrogen-bond acceptors (Lipinski definition) is 3. The number of carbonyl (C=O) groups excluding carboxylic acids is 2. The number of nitrogens with one attached hydrogen (secondary N) is 2. The minimum atomic E-state index is -0.665. The maximum atomic E-state index is 11.9. The van der Waals surface area contributed by atoms with Crippen LogP contribution < -0.4 is 10.6 Å². The number of alkyl carbamates (subject to hydrolysis) is 1. The molecule has 2 N–H and O–H groups in total. The van der Waals surface area contributed by atoms with Crippen LogP contribution in [-0.2, 0) is 22.7 Å². The molecule has 2 aromatic rings. The molecule has 2 amide bonds. The first-order valence-corrected chi connectivity index (χ1v) is 7.44. The monoisotopic (exact) mass is 312 g/mol. The van der Waals surface area contributed by atoms with Crippen LogP contribution >= 0.6 is 0 Å². The van der Waals surface area contributed by atoms with Crippen molar-refractivity contribution in [2.75, 3.05) is 0 Å². The number of ether oxygens (including phenoxy) is 1. The molecule has 23 heavy (non-hydrogen) atoms. The summed E-state index contributed by atoms with van der Waals surface area (Å²) in [6.07, 6.45) is -0.615. The van der Waals surface area contributed by atoms with Gasteiger partial charge in [0, 0.05) is 6.54 Å². The Morgan fingerprint density at radius 2 is 1.52 bits per heavy atom. The van der Waals surface area contributed by atoms with Crippen molar-refractivity contribution in [3.8, 4) is 0 Å². The molecule has 0 aromatic heterocycles. The fourth-order valence-electron chi connectivity index (χ4n) is 1.95. The molecular formula is C18H20N2O3. The second kappa shape index (κ2) is 8.58. The fourth-order valence-corrected chi connectivity index (χ4v) is 1.95. The van der Waals surface area contributed by atoms with Crippen molar-refractivity contribution in [1.82, 2.24) is 10.6 Å². The topological polar surface area (TPSA) is 67.4 Å². The van der Waals surface area contributed by atoms with Gasteiger partial charge in [0.05, 0.1) is 0 Å². The zero-order chi connectivity index (χ0) is 16.5. The highest BCUT2D eigenvalue weighted by Gasteiger charge is 2.15. The molecule has 1 atom stereocenters. The van der Waals surface area contributed by atoms with Crippen molar-refractivity contribution in [2.45, 2.75) is 26.1 Å². The lowest BCUT2D eigenvalue weighted by Crippen LogP contribution is -2.44. The summed E-state index contributed by atoms with van der Waals surface area (Å²) in [7, 11) is 0. The molecule has 0 bridgehead atoms. The van der Waals surface area contributed by atoms with E-state index in [4.69, 9.17) is 4.74 Å². The van der Waals surface area contributed by atoms with Crippen LogP contribution in [-0.4, -0.2) is 18.0 Å². The van der Waals surface area contributed by atoms with Crippen LogP contribution in [0.3, 0.4) is 0 Å². The zero-order valence-electron chi connectivity index (χ0n) is 13.0. The Hall–Kier alpha value is -2.82. The van der Waals surface area contributed by atoms with Gasteiger partial charge >= 0.3 is 6.09 Å². The molecule has 0 saturated carbocycles. The first kappa shape index (κ1) is 16.5. The summed E-state index contributed by atoms with van der Waals surface area (Å²) in [5.74, 6) is -0.259. The van der Waals surface area contributed by atoms with Crippen LogP contribution in [0.2, 0.25) is 0 Å². The Kier molecular flexibility index (Phi) is 6.17. The van der Waals surface area contributed by atoms with Gasteiger partial charge in [0.1, 0.15) is 12.6 Å². The number of carbonyl (C=O) groups is 2. The molecule has 5 heteroatoms. The predicted octanol–water partition coefficient (Wildman–Crippen LogP) is 2.62. The molecule has 0 aliphatic heterocycles. The first-order valence-electron chi connectivity index (χ1n) is 7.44. The van der Waals surface area contributed by atoms with Crippen molar-refractivity contribution in [3.05, 3.63) is 71.8 Å². The van der Waals surface area contributed by atoms with E-state index in [1.165, 1.54) is 0 Å². The van der Waals surface area contributed by atoms with E-state index in [9.17, 15) is 9.59 Å². The molecule has 0 heterocycles. The van der Waals surface area contributed by atoms with Gasteiger partial charge in [-0.1, -0.05) is 60.7 Å². The van der Waals surface area contributed by atoms with Gasteiger partial charge in [-0.25, -0.2) is 4.79 Å². The Morgan fingerprint density at radius 3 is 2.13 bits per heavy atom. The minimum Gasteiger partial charge on any atom is -0.445 e. The summed E-state index contributed by atoms with van der Waals surface area (Å²) < 4.78 is 5.08. The Bertz CT molecular complexity index is 629. The molecule has 1 unspecified atom stereocenters. The highest BCUT2D eigenvalue weighted by molar-refractivity contribution is 5.85. The van der Waals surface area contributed by atoms with Crippen molar-refractivity contribution >= 4 is 12.0 Å². The standard InChI is InChI=1S/C18H20N2O3/c1-14(17(21)19-12-15-8-4-2-5-9-15)20-18(22)23-13-16-10-6-3-7-11-16/h2-11,14H,12-13H2,1H3,(H,19,21)(H,20,22). The van der Waals surface area contributed by atoms with Crippen LogP contribution in [0.5, 0.6) is 0 Å². The lowest BCUT2D eigenvalue weighted by atomic mass is 10.2. The summed E-state index contributed by atoms with van der Waals surface area (Å²) >= 11 is 0. The van der Waals surface area contributed by atoms with Crippen LogP contribution in [0.25, 0.3) is 0 Å². The molecule has 0 aliphatic rings. The average molecular weight is 312 g/mol. The first-order chi connectivity index (χ1) is 11.1. The van der Waals surface area contributed by atoms with Crippen molar-refractivity contribution in [3.63, 3.8) is 0 Å². The third-order valence-electron chi connectivity index (χ3n) is 3.25. The maximum absolute atomic E-state index is 11.9. The lowest BCUT2D eigenvalue weighted by Gasteiger charge is -2.14. The number of rotatable bonds is 6. The SMILES string of the molecule is CC(NC(=O)OCc1ccccc1)C(=O)NCc1ccccc1. The van der Waals surface area contributed by atoms with Gasteiger partial charge in [0.15, 0.2) is 0 Å². The van der Waals surface area contributed by atoms with Crippen molar-refractivity contribution < 1.29 is 14.3 Å². The van der Waals surface area contributed by atoms with E-state index in [0.717, 1.165) is 11.1 Å². The third-order valence-corrected chi connectivity index (χ3v) is 3.25. The minimum absolute atomic E-state index is 0.172. The molecule has 0 fully saturated rings. The quantitative estimate of drug-likeness (QED) is 0.861. The van der Waals surface area contributed by atoms with E-state index in [1.54, 1.807) is 6.92 Å². The largest absolute Gasteiger partial charge is 0.445 e. The molecule has 120 valence electrons. The molecule has 0 aliphatic carbocycles. The van der Waals surface area contributed by atoms with Gasteiger partial charge in [-0.3, -0.25) is 4.79 Å². The van der Waals surface area contributed by atoms with E-state index >= 15 is 0 Å². The van der Waals surface area contributed by atoms with Gasteiger partial charge in [-0.05, 0) is 18.1 Å². The van der Waals surface area contributed by atoms with Gasteiger partial charge in [0.2, 0.25) is 5.91 Å². The second-order valence-corrected chi connectivity index (χ2v) is 5.13. The summed E-state index contributed by atoms with van der Waals surface area (Å²) in [5.41, 5.74) is 1.89. The molecule has 2 aromatic carbocycles. The second-order valence-electron chi connectivity index (χ2n) is 5.13. The molecule has 0 spiro atoms. The summed E-state index contributed by atoms with van der Waals surface area (Å²) in [5, 5.41) is 5.28. The average Bonchev–Trinajstić information content (AvgIpc) is 2.59. The smallest absolute Gasteiger partial charge is 0.408 e. The fraction of sp³-hybridized carbons (Fsp3) is 0.222. The Morgan fingerprint density at radius 1 is 0.957 bits per heavy atom. The molecule has 0 radical (unpaired) electrons. The van der Waals surface area contributed by atoms with Crippen LogP contribution in [0.1, 0.15) is 18.1 Å². The summed E-state index contributed by atoms with van der Waals surface area (Å²) in [6, 6.07) is 18.3. The van der Waals surface area contributed by atoms with E-state index in [0.29, 0.717) is 6.54 Å². The summed E-state index contributed by atoms with van der Waals surface area (Å²) in [4.78, 5) is 23.6. The lowest BCUT2D eigenvalue weighted by molar-refractivity contribution is -0.122. The molecule has 5 nitrogen and oxygen atoms in total. The zero-order valence-corrected chi connectivity index (χ0v) is 13.0. The number of hydrogen-bond donors (Lipinski definition) is 2. The van der Waals surface area contributed by atoms with E-state index in [1.807, 2.05) is 60.7 Å².